The second-order valence-corrected chi connectivity index (χ2v) is 7.48. The van der Waals surface area contributed by atoms with Crippen LogP contribution >= 0.6 is 0 Å². The second-order valence-electron chi connectivity index (χ2n) is 7.48. The number of hydrogen-bond donors (Lipinski definition) is 1. The maximum atomic E-state index is 13.5. The van der Waals surface area contributed by atoms with Crippen molar-refractivity contribution in [3.05, 3.63) is 60.6 Å². The van der Waals surface area contributed by atoms with Crippen LogP contribution in [0.15, 0.2) is 55.0 Å². The van der Waals surface area contributed by atoms with Crippen LogP contribution in [0.3, 0.4) is 0 Å². The third-order valence-electron chi connectivity index (χ3n) is 5.27. The molecule has 2 atom stereocenters. The van der Waals surface area contributed by atoms with Crippen LogP contribution in [0.25, 0.3) is 5.69 Å². The number of alkyl halides is 2. The average molecular weight is 459 g/mol. The number of hydrogen-bond acceptors (Lipinski definition) is 7. The number of nitrogens with zero attached hydrogens (tertiary/aromatic N) is 5. The molecule has 0 unspecified atom stereocenters. The summed E-state index contributed by atoms with van der Waals surface area (Å²) < 4.78 is 35.7. The molecule has 0 aliphatic carbocycles. The Labute approximate surface area is 188 Å². The van der Waals surface area contributed by atoms with E-state index in [2.05, 4.69) is 15.2 Å². The van der Waals surface area contributed by atoms with Crippen molar-refractivity contribution in [2.24, 2.45) is 0 Å². The fraction of sp³-hybridized carbons (Fsp3) is 0.364. The van der Waals surface area contributed by atoms with Gasteiger partial charge in [-0.1, -0.05) is 12.1 Å². The van der Waals surface area contributed by atoms with Crippen LogP contribution in [0.5, 0.6) is 11.6 Å². The third-order valence-corrected chi connectivity index (χ3v) is 5.27. The van der Waals surface area contributed by atoms with Crippen LogP contribution in [0.2, 0.25) is 0 Å². The van der Waals surface area contributed by atoms with Crippen molar-refractivity contribution in [2.75, 3.05) is 19.8 Å². The number of pyridine rings is 1. The van der Waals surface area contributed by atoms with Crippen LogP contribution in [-0.4, -0.2) is 74.2 Å². The number of rotatable bonds is 8. The number of benzene rings is 1. The van der Waals surface area contributed by atoms with E-state index in [0.29, 0.717) is 24.1 Å². The van der Waals surface area contributed by atoms with E-state index in [-0.39, 0.29) is 36.7 Å². The number of carbonyl (C=O) groups is 1. The van der Waals surface area contributed by atoms with Crippen LogP contribution in [0.1, 0.15) is 23.2 Å². The highest BCUT2D eigenvalue weighted by molar-refractivity contribution is 5.98. The quantitative estimate of drug-likeness (QED) is 0.552. The van der Waals surface area contributed by atoms with Gasteiger partial charge in [0, 0.05) is 12.3 Å². The summed E-state index contributed by atoms with van der Waals surface area (Å²) >= 11 is 0. The van der Waals surface area contributed by atoms with Gasteiger partial charge in [-0.15, -0.1) is 0 Å². The number of carbonyl (C=O) groups excluding carboxylic acids is 1. The fourth-order valence-electron chi connectivity index (χ4n) is 3.73. The first-order valence-electron chi connectivity index (χ1n) is 10.5. The predicted octanol–water partition coefficient (Wildman–Crippen LogP) is 2.35. The first-order chi connectivity index (χ1) is 16.0. The largest absolute Gasteiger partial charge is 0.487 e. The Morgan fingerprint density at radius 2 is 1.94 bits per heavy atom. The average Bonchev–Trinajstić information content (AvgIpc) is 3.37. The minimum atomic E-state index is -2.59. The molecule has 9 nitrogen and oxygen atoms in total. The lowest BCUT2D eigenvalue weighted by Crippen LogP contribution is -2.52. The molecule has 1 N–H and O–H groups in total. The standard InChI is InChI=1S/C22H23F2N5O4/c23-20(24)14-32-16-7-8-25-21(11-16)33-17-6-5-15(13-30)28(12-17)22(31)18-3-1-2-4-19(18)29-26-9-10-27-29/h1-4,7-11,15,17,20,30H,5-6,12-14H2/t15-,17+/m0/s1. The van der Waals surface area contributed by atoms with Gasteiger partial charge in [-0.05, 0) is 31.0 Å². The minimum Gasteiger partial charge on any atom is -0.487 e. The zero-order chi connectivity index (χ0) is 23.2. The van der Waals surface area contributed by atoms with Crippen molar-refractivity contribution >= 4 is 5.91 Å². The maximum absolute atomic E-state index is 13.5. The molecule has 0 bridgehead atoms. The van der Waals surface area contributed by atoms with Crippen LogP contribution in [0.4, 0.5) is 8.78 Å². The van der Waals surface area contributed by atoms with Gasteiger partial charge in [-0.25, -0.2) is 13.8 Å². The number of aliphatic hydroxyl groups excluding tert-OH is 1. The molecule has 174 valence electrons. The van der Waals surface area contributed by atoms with Gasteiger partial charge in [-0.2, -0.15) is 15.0 Å². The monoisotopic (exact) mass is 459 g/mol. The molecule has 11 heteroatoms. The summed E-state index contributed by atoms with van der Waals surface area (Å²) in [6.07, 6.45) is 2.58. The Bertz CT molecular complexity index is 1070. The minimum absolute atomic E-state index is 0.185. The molecule has 1 aliphatic rings. The molecule has 0 radical (unpaired) electrons. The Hall–Kier alpha value is -3.60. The number of halogens is 2. The van der Waals surface area contributed by atoms with Gasteiger partial charge in [0.25, 0.3) is 12.3 Å². The van der Waals surface area contributed by atoms with E-state index >= 15 is 0 Å². The lowest BCUT2D eigenvalue weighted by atomic mass is 9.98. The third kappa shape index (κ3) is 5.43. The zero-order valence-electron chi connectivity index (χ0n) is 17.6. The normalized spacial score (nSPS) is 18.4. The van der Waals surface area contributed by atoms with Gasteiger partial charge in [0.15, 0.2) is 0 Å². The predicted molar refractivity (Wildman–Crippen MR) is 113 cm³/mol. The van der Waals surface area contributed by atoms with E-state index in [1.165, 1.54) is 35.5 Å². The molecule has 0 spiro atoms. The molecule has 0 saturated carbocycles. The lowest BCUT2D eigenvalue weighted by molar-refractivity contribution is 0.0199. The van der Waals surface area contributed by atoms with Gasteiger partial charge < -0.3 is 19.5 Å². The number of ether oxygens (including phenoxy) is 2. The Morgan fingerprint density at radius 1 is 1.15 bits per heavy atom. The summed E-state index contributed by atoms with van der Waals surface area (Å²) in [5.74, 6) is 0.151. The highest BCUT2D eigenvalue weighted by Gasteiger charge is 2.34. The van der Waals surface area contributed by atoms with Gasteiger partial charge >= 0.3 is 0 Å². The topological polar surface area (TPSA) is 103 Å². The molecule has 3 heterocycles. The van der Waals surface area contributed by atoms with E-state index in [9.17, 15) is 18.7 Å². The van der Waals surface area contributed by atoms with Crippen molar-refractivity contribution in [3.63, 3.8) is 0 Å². The number of aromatic nitrogens is 4. The van der Waals surface area contributed by atoms with E-state index < -0.39 is 19.1 Å². The van der Waals surface area contributed by atoms with Crippen LogP contribution < -0.4 is 9.47 Å². The number of likely N-dealkylation sites (tertiary alicyclic amines) is 1. The number of piperidine rings is 1. The van der Waals surface area contributed by atoms with Crippen molar-refractivity contribution in [2.45, 2.75) is 31.4 Å². The SMILES string of the molecule is O=C(c1ccccc1-n1nccn1)N1C[C@H](Oc2cc(OCC(F)F)ccn2)CC[C@H]1CO. The summed E-state index contributed by atoms with van der Waals surface area (Å²) in [5.41, 5.74) is 0.922. The Morgan fingerprint density at radius 3 is 2.70 bits per heavy atom. The first-order valence-corrected chi connectivity index (χ1v) is 10.5. The van der Waals surface area contributed by atoms with Gasteiger partial charge in [-0.3, -0.25) is 4.79 Å². The van der Waals surface area contributed by atoms with Gasteiger partial charge in [0.05, 0.1) is 42.8 Å². The molecule has 1 amide bonds. The van der Waals surface area contributed by atoms with Crippen molar-refractivity contribution < 1.29 is 28.2 Å². The van der Waals surface area contributed by atoms with Gasteiger partial charge in [0.1, 0.15) is 18.5 Å². The Balaban J connectivity index is 1.50. The lowest BCUT2D eigenvalue weighted by Gasteiger charge is -2.38. The Kier molecular flexibility index (Phi) is 7.08. The molecule has 1 aliphatic heterocycles. The number of para-hydroxylation sites is 1. The van der Waals surface area contributed by atoms with E-state index in [4.69, 9.17) is 9.47 Å². The molecular formula is C22H23F2N5O4. The van der Waals surface area contributed by atoms with Crippen LogP contribution in [-0.2, 0) is 0 Å². The number of aliphatic hydroxyl groups is 1. The highest BCUT2D eigenvalue weighted by Crippen LogP contribution is 2.26. The summed E-state index contributed by atoms with van der Waals surface area (Å²) in [5, 5.41) is 18.1. The summed E-state index contributed by atoms with van der Waals surface area (Å²) in [4.78, 5) is 20.5. The molecule has 1 saturated heterocycles. The zero-order valence-corrected chi connectivity index (χ0v) is 17.6. The smallest absolute Gasteiger partial charge is 0.272 e. The number of amides is 1. The van der Waals surface area contributed by atoms with Crippen molar-refractivity contribution in [3.8, 4) is 17.3 Å². The van der Waals surface area contributed by atoms with E-state index in [1.807, 2.05) is 0 Å². The fourth-order valence-corrected chi connectivity index (χ4v) is 3.73. The van der Waals surface area contributed by atoms with Gasteiger partial charge in [0.2, 0.25) is 5.88 Å². The summed E-state index contributed by atoms with van der Waals surface area (Å²) in [7, 11) is 0. The van der Waals surface area contributed by atoms with E-state index in [0.717, 1.165) is 0 Å². The molecular weight excluding hydrogens is 436 g/mol. The molecule has 2 aromatic heterocycles. The molecule has 1 aromatic carbocycles. The maximum Gasteiger partial charge on any atom is 0.272 e. The summed E-state index contributed by atoms with van der Waals surface area (Å²) in [6, 6.07) is 9.50. The van der Waals surface area contributed by atoms with E-state index in [1.54, 1.807) is 29.2 Å². The van der Waals surface area contributed by atoms with Crippen LogP contribution in [0, 0.1) is 0 Å². The summed E-state index contributed by atoms with van der Waals surface area (Å²) in [6.45, 7) is -0.692. The molecule has 33 heavy (non-hydrogen) atoms. The molecule has 3 aromatic rings. The second kappa shape index (κ2) is 10.3. The van der Waals surface area contributed by atoms with Crippen molar-refractivity contribution in [1.29, 1.82) is 0 Å². The van der Waals surface area contributed by atoms with Crippen molar-refractivity contribution in [1.82, 2.24) is 24.9 Å². The molecule has 1 fully saturated rings. The molecule has 4 rings (SSSR count). The first kappa shape index (κ1) is 22.6. The highest BCUT2D eigenvalue weighted by atomic mass is 19.3.